The van der Waals surface area contributed by atoms with Crippen LogP contribution in [0.2, 0.25) is 5.02 Å². The number of ether oxygens (including phenoxy) is 1. The fraction of sp³-hybridized carbons (Fsp3) is 0.200. The second kappa shape index (κ2) is 9.23. The molecular formula is C25H22ClNO4. The standard InChI is InChI=1S/C25H22ClNO4/c26-17-7-5-6-16(14-17)12-13-23(24(28)29)27-25(30)31-15-22-20-10-3-1-8-18(20)19-9-2-4-11-21(19)22/h1-11,14,22-23H,12-13,15H2,(H,27,30)(H,28,29)/t23-/m1/s1. The Hall–Kier alpha value is -3.31. The molecule has 2 N–H and O–H groups in total. The highest BCUT2D eigenvalue weighted by molar-refractivity contribution is 6.30. The number of rotatable bonds is 7. The molecule has 158 valence electrons. The van der Waals surface area contributed by atoms with Crippen molar-refractivity contribution in [3.63, 3.8) is 0 Å². The number of carbonyl (C=O) groups excluding carboxylic acids is 1. The maximum Gasteiger partial charge on any atom is 0.407 e. The Morgan fingerprint density at radius 1 is 0.968 bits per heavy atom. The van der Waals surface area contributed by atoms with Crippen LogP contribution in [-0.4, -0.2) is 29.8 Å². The summed E-state index contributed by atoms with van der Waals surface area (Å²) in [6.07, 6.45) is -0.0264. The van der Waals surface area contributed by atoms with Crippen molar-refractivity contribution in [2.24, 2.45) is 0 Å². The fourth-order valence-corrected chi connectivity index (χ4v) is 4.26. The summed E-state index contributed by atoms with van der Waals surface area (Å²) in [4.78, 5) is 24.0. The molecular weight excluding hydrogens is 414 g/mol. The van der Waals surface area contributed by atoms with Gasteiger partial charge in [0, 0.05) is 10.9 Å². The fourth-order valence-electron chi connectivity index (χ4n) is 4.04. The van der Waals surface area contributed by atoms with E-state index in [4.69, 9.17) is 16.3 Å². The molecule has 1 amide bonds. The highest BCUT2D eigenvalue weighted by Gasteiger charge is 2.29. The number of hydrogen-bond acceptors (Lipinski definition) is 3. The van der Waals surface area contributed by atoms with E-state index in [9.17, 15) is 14.7 Å². The zero-order valence-electron chi connectivity index (χ0n) is 16.8. The number of halogens is 1. The molecule has 1 atom stereocenters. The maximum atomic E-state index is 12.4. The van der Waals surface area contributed by atoms with Crippen LogP contribution in [0.4, 0.5) is 4.79 Å². The van der Waals surface area contributed by atoms with Gasteiger partial charge in [0.25, 0.3) is 0 Å². The molecule has 0 radical (unpaired) electrons. The lowest BCUT2D eigenvalue weighted by Gasteiger charge is -2.17. The predicted molar refractivity (Wildman–Crippen MR) is 119 cm³/mol. The molecule has 1 aliphatic rings. The Balaban J connectivity index is 1.38. The molecule has 3 aromatic rings. The van der Waals surface area contributed by atoms with Crippen molar-refractivity contribution >= 4 is 23.7 Å². The Bertz CT molecular complexity index is 1070. The Morgan fingerprint density at radius 3 is 2.23 bits per heavy atom. The van der Waals surface area contributed by atoms with E-state index in [2.05, 4.69) is 17.4 Å². The van der Waals surface area contributed by atoms with Crippen LogP contribution in [0.3, 0.4) is 0 Å². The third kappa shape index (κ3) is 4.72. The lowest BCUT2D eigenvalue weighted by Crippen LogP contribution is -2.41. The summed E-state index contributed by atoms with van der Waals surface area (Å²) in [5.74, 6) is -1.18. The van der Waals surface area contributed by atoms with Crippen molar-refractivity contribution in [3.8, 4) is 11.1 Å². The Morgan fingerprint density at radius 2 is 1.61 bits per heavy atom. The molecule has 4 rings (SSSR count). The molecule has 3 aromatic carbocycles. The van der Waals surface area contributed by atoms with Gasteiger partial charge in [0.1, 0.15) is 12.6 Å². The minimum Gasteiger partial charge on any atom is -0.480 e. The average Bonchev–Trinajstić information content (AvgIpc) is 3.09. The van der Waals surface area contributed by atoms with Crippen LogP contribution in [0.5, 0.6) is 0 Å². The number of carboxylic acid groups (broad SMARTS) is 1. The van der Waals surface area contributed by atoms with E-state index in [0.29, 0.717) is 11.4 Å². The summed E-state index contributed by atoms with van der Waals surface area (Å²) in [5, 5.41) is 12.6. The number of carboxylic acids is 1. The van der Waals surface area contributed by atoms with Crippen LogP contribution in [0.1, 0.15) is 29.0 Å². The summed E-state index contributed by atoms with van der Waals surface area (Å²) < 4.78 is 5.46. The van der Waals surface area contributed by atoms with Gasteiger partial charge in [-0.3, -0.25) is 0 Å². The van der Waals surface area contributed by atoms with Crippen LogP contribution in [0, 0.1) is 0 Å². The van der Waals surface area contributed by atoms with Crippen LogP contribution < -0.4 is 5.32 Å². The molecule has 0 fully saturated rings. The number of fused-ring (bicyclic) bond motifs is 3. The molecule has 31 heavy (non-hydrogen) atoms. The number of amides is 1. The van der Waals surface area contributed by atoms with Gasteiger partial charge in [0.05, 0.1) is 0 Å². The number of nitrogens with one attached hydrogen (secondary N) is 1. The van der Waals surface area contributed by atoms with E-state index in [1.165, 1.54) is 0 Å². The summed E-state index contributed by atoms with van der Waals surface area (Å²) in [6.45, 7) is 0.139. The Labute approximate surface area is 185 Å². The molecule has 0 bridgehead atoms. The lowest BCUT2D eigenvalue weighted by molar-refractivity contribution is -0.139. The normalized spacial score (nSPS) is 13.2. The minimum atomic E-state index is -1.10. The number of alkyl carbamates (subject to hydrolysis) is 1. The summed E-state index contributed by atoms with van der Waals surface area (Å²) in [5.41, 5.74) is 5.39. The number of benzene rings is 3. The topological polar surface area (TPSA) is 75.6 Å². The molecule has 0 heterocycles. The van der Waals surface area contributed by atoms with Crippen molar-refractivity contribution in [2.75, 3.05) is 6.61 Å². The largest absolute Gasteiger partial charge is 0.480 e. The van der Waals surface area contributed by atoms with E-state index >= 15 is 0 Å². The third-order valence-electron chi connectivity index (χ3n) is 5.54. The molecule has 0 aromatic heterocycles. The molecule has 0 saturated heterocycles. The van der Waals surface area contributed by atoms with E-state index in [1.807, 2.05) is 48.5 Å². The average molecular weight is 436 g/mol. The first-order valence-corrected chi connectivity index (χ1v) is 10.5. The highest BCUT2D eigenvalue weighted by atomic mass is 35.5. The van der Waals surface area contributed by atoms with Gasteiger partial charge in [-0.25, -0.2) is 9.59 Å². The monoisotopic (exact) mass is 435 g/mol. The summed E-state index contributed by atoms with van der Waals surface area (Å²) in [7, 11) is 0. The van der Waals surface area contributed by atoms with Gasteiger partial charge in [0.2, 0.25) is 0 Å². The first kappa shape index (κ1) is 20.9. The zero-order chi connectivity index (χ0) is 21.8. The van der Waals surface area contributed by atoms with E-state index in [1.54, 1.807) is 12.1 Å². The van der Waals surface area contributed by atoms with Gasteiger partial charge in [-0.2, -0.15) is 0 Å². The second-order valence-corrected chi connectivity index (χ2v) is 7.97. The smallest absolute Gasteiger partial charge is 0.407 e. The van der Waals surface area contributed by atoms with E-state index in [0.717, 1.165) is 27.8 Å². The first-order chi connectivity index (χ1) is 15.0. The van der Waals surface area contributed by atoms with E-state index in [-0.39, 0.29) is 18.9 Å². The Kier molecular flexibility index (Phi) is 6.23. The number of hydrogen-bond donors (Lipinski definition) is 2. The van der Waals surface area contributed by atoms with Gasteiger partial charge < -0.3 is 15.2 Å². The molecule has 0 saturated carbocycles. The van der Waals surface area contributed by atoms with Gasteiger partial charge in [0.15, 0.2) is 0 Å². The van der Waals surface area contributed by atoms with Gasteiger partial charge in [-0.1, -0.05) is 72.3 Å². The molecule has 6 heteroatoms. The quantitative estimate of drug-likeness (QED) is 0.530. The van der Waals surface area contributed by atoms with Crippen molar-refractivity contribution in [1.82, 2.24) is 5.32 Å². The molecule has 0 spiro atoms. The van der Waals surface area contributed by atoms with E-state index < -0.39 is 18.1 Å². The minimum absolute atomic E-state index is 0.0760. The zero-order valence-corrected chi connectivity index (χ0v) is 17.5. The molecule has 1 aliphatic carbocycles. The molecule has 0 aliphatic heterocycles. The van der Waals surface area contributed by atoms with Crippen molar-refractivity contribution in [2.45, 2.75) is 24.8 Å². The maximum absolute atomic E-state index is 12.4. The summed E-state index contributed by atoms with van der Waals surface area (Å²) >= 11 is 5.98. The third-order valence-corrected chi connectivity index (χ3v) is 5.78. The number of aryl methyl sites for hydroxylation is 1. The highest BCUT2D eigenvalue weighted by Crippen LogP contribution is 2.44. The second-order valence-electron chi connectivity index (χ2n) is 7.53. The van der Waals surface area contributed by atoms with Gasteiger partial charge in [-0.15, -0.1) is 0 Å². The van der Waals surface area contributed by atoms with Crippen LogP contribution in [-0.2, 0) is 16.0 Å². The SMILES string of the molecule is O=C(N[C@H](CCc1cccc(Cl)c1)C(=O)O)OCC1c2ccccc2-c2ccccc21. The molecule has 0 unspecified atom stereocenters. The number of aliphatic carboxylic acids is 1. The summed E-state index contributed by atoms with van der Waals surface area (Å²) in [6, 6.07) is 22.3. The van der Waals surface area contributed by atoms with Crippen LogP contribution in [0.25, 0.3) is 11.1 Å². The van der Waals surface area contributed by atoms with Gasteiger partial charge >= 0.3 is 12.1 Å². The predicted octanol–water partition coefficient (Wildman–Crippen LogP) is 5.26. The first-order valence-electron chi connectivity index (χ1n) is 10.1. The van der Waals surface area contributed by atoms with Crippen molar-refractivity contribution in [1.29, 1.82) is 0 Å². The van der Waals surface area contributed by atoms with Gasteiger partial charge in [-0.05, 0) is 52.8 Å². The van der Waals surface area contributed by atoms with Crippen molar-refractivity contribution in [3.05, 3.63) is 94.5 Å². The lowest BCUT2D eigenvalue weighted by atomic mass is 9.98. The number of carbonyl (C=O) groups is 2. The van der Waals surface area contributed by atoms with Crippen LogP contribution in [0.15, 0.2) is 72.8 Å². The van der Waals surface area contributed by atoms with Crippen molar-refractivity contribution < 1.29 is 19.4 Å². The van der Waals surface area contributed by atoms with Crippen LogP contribution >= 0.6 is 11.6 Å². The molecule has 5 nitrogen and oxygen atoms in total.